The normalized spacial score (nSPS) is 16.5. The van der Waals surface area contributed by atoms with Crippen molar-refractivity contribution in [2.75, 3.05) is 0 Å². The van der Waals surface area contributed by atoms with Crippen molar-refractivity contribution in [1.82, 2.24) is 0 Å². The molecular weight excluding hydrogens is 619 g/mol. The Morgan fingerprint density at radius 1 is 0.462 bits per heavy atom. The van der Waals surface area contributed by atoms with Crippen molar-refractivity contribution in [3.8, 4) is 0 Å². The third-order valence-corrected chi connectivity index (χ3v) is 4.88. The van der Waals surface area contributed by atoms with Gasteiger partial charge < -0.3 is 0 Å². The smallest absolute Gasteiger partial charge is 0.228 e. The fourth-order valence-corrected chi connectivity index (χ4v) is 2.85. The molecule has 1 atom stereocenters. The van der Waals surface area contributed by atoms with Gasteiger partial charge in [0.05, 0.1) is 0 Å². The Bertz CT molecular complexity index is 997. The molecule has 0 bridgehead atoms. The highest BCUT2D eigenvalue weighted by Gasteiger charge is 2.78. The zero-order valence-electron chi connectivity index (χ0n) is 17.6. The van der Waals surface area contributed by atoms with Crippen LogP contribution in [0.5, 0.6) is 0 Å². The first-order chi connectivity index (χ1) is 16.7. The van der Waals surface area contributed by atoms with Crippen molar-refractivity contribution in [2.45, 2.75) is 67.1 Å². The van der Waals surface area contributed by atoms with Gasteiger partial charge in [-0.25, -0.2) is 5.11 Å². The Morgan fingerprint density at radius 2 is 0.692 bits per heavy atom. The topological polar surface area (TPSA) is 19.9 Å². The van der Waals surface area contributed by atoms with Crippen molar-refractivity contribution < 1.29 is 97.3 Å². The molecule has 0 aliphatic rings. The van der Waals surface area contributed by atoms with E-state index in [0.717, 1.165) is 0 Å². The molecule has 0 saturated carbocycles. The first kappa shape index (κ1) is 34.7. The molecule has 22 heteroatoms. The minimum Gasteiger partial charge on any atom is -0.228 e. The number of hydrogen-bond donors (Lipinski definition) is 0. The standard InChI is InChI=1S/C17H6F21O/c1-4(39)8-6(10(20,21)13(26,27)16(33,34)35)2-5(9(18,19)12(24,25)15(30,31)32)3-7(8)11(22,23)14(28,29)17(36,37)38/h2-4H,1H3. The Morgan fingerprint density at radius 3 is 0.897 bits per heavy atom. The van der Waals surface area contributed by atoms with Crippen molar-refractivity contribution in [1.29, 1.82) is 0 Å². The van der Waals surface area contributed by atoms with Crippen LogP contribution >= 0.6 is 0 Å². The summed E-state index contributed by atoms with van der Waals surface area (Å²) in [4.78, 5) is 0. The summed E-state index contributed by atoms with van der Waals surface area (Å²) in [6.07, 6.45) is -26.5. The fraction of sp³-hybridized carbons (Fsp3) is 0.647. The van der Waals surface area contributed by atoms with Crippen molar-refractivity contribution in [3.63, 3.8) is 0 Å². The molecule has 0 spiro atoms. The van der Waals surface area contributed by atoms with Gasteiger partial charge in [-0.1, -0.05) is 0 Å². The summed E-state index contributed by atoms with van der Waals surface area (Å²) in [6.45, 7) is -0.367. The summed E-state index contributed by atoms with van der Waals surface area (Å²) in [5, 5.41) is 11.7. The maximum absolute atomic E-state index is 14.3. The van der Waals surface area contributed by atoms with E-state index in [0.29, 0.717) is 0 Å². The Balaban J connectivity index is 4.56. The molecule has 0 aliphatic carbocycles. The van der Waals surface area contributed by atoms with Crippen molar-refractivity contribution in [2.24, 2.45) is 0 Å². The monoisotopic (exact) mass is 625 g/mol. The van der Waals surface area contributed by atoms with Gasteiger partial charge in [-0.3, -0.25) is 0 Å². The van der Waals surface area contributed by atoms with E-state index in [1.54, 1.807) is 0 Å². The maximum atomic E-state index is 14.3. The van der Waals surface area contributed by atoms with Crippen LogP contribution in [0.1, 0.15) is 35.3 Å². The van der Waals surface area contributed by atoms with E-state index in [4.69, 9.17) is 0 Å². The van der Waals surface area contributed by atoms with Gasteiger partial charge in [0.25, 0.3) is 0 Å². The molecule has 227 valence electrons. The van der Waals surface area contributed by atoms with Gasteiger partial charge in [0.15, 0.2) is 0 Å². The molecule has 0 aliphatic heterocycles. The molecule has 0 amide bonds. The first-order valence-corrected chi connectivity index (χ1v) is 8.98. The lowest BCUT2D eigenvalue weighted by Gasteiger charge is -2.36. The molecule has 0 aromatic heterocycles. The molecule has 1 aromatic rings. The van der Waals surface area contributed by atoms with Crippen LogP contribution in [-0.2, 0) is 22.9 Å². The number of rotatable bonds is 7. The lowest BCUT2D eigenvalue weighted by Crippen LogP contribution is -2.53. The van der Waals surface area contributed by atoms with Crippen LogP contribution in [0.4, 0.5) is 92.2 Å². The van der Waals surface area contributed by atoms with Gasteiger partial charge in [-0.05, 0) is 19.1 Å². The number of hydrogen-bond acceptors (Lipinski definition) is 0. The second kappa shape index (κ2) is 9.11. The van der Waals surface area contributed by atoms with Gasteiger partial charge in [0.2, 0.25) is 0 Å². The van der Waals surface area contributed by atoms with E-state index in [2.05, 4.69) is 0 Å². The SMILES string of the molecule is CC([O])c1c(C(F)(F)C(F)(F)C(F)(F)F)cc(C(F)(F)C(F)(F)C(F)(F)F)cc1C(F)(F)C(F)(F)C(F)(F)F. The van der Waals surface area contributed by atoms with E-state index in [9.17, 15) is 97.3 Å². The third-order valence-electron chi connectivity index (χ3n) is 4.88. The average molecular weight is 625 g/mol. The molecule has 39 heavy (non-hydrogen) atoms. The molecule has 0 N–H and O–H groups in total. The highest BCUT2D eigenvalue weighted by molar-refractivity contribution is 5.48. The molecule has 1 rings (SSSR count). The quantitative estimate of drug-likeness (QED) is 0.270. The second-order valence-electron chi connectivity index (χ2n) is 7.57. The van der Waals surface area contributed by atoms with E-state index >= 15 is 0 Å². The highest BCUT2D eigenvalue weighted by atomic mass is 19.4. The lowest BCUT2D eigenvalue weighted by atomic mass is 9.83. The van der Waals surface area contributed by atoms with Crippen molar-refractivity contribution in [3.05, 3.63) is 34.4 Å². The summed E-state index contributed by atoms with van der Waals surface area (Å²) in [6, 6.07) is -3.73. The van der Waals surface area contributed by atoms with Gasteiger partial charge in [-0.2, -0.15) is 92.2 Å². The van der Waals surface area contributed by atoms with E-state index in [1.807, 2.05) is 0 Å². The zero-order valence-corrected chi connectivity index (χ0v) is 17.6. The van der Waals surface area contributed by atoms with Gasteiger partial charge >= 0.3 is 54.1 Å². The summed E-state index contributed by atoms with van der Waals surface area (Å²) in [5.41, 5.74) is -15.0. The Labute approximate surface area is 200 Å². The van der Waals surface area contributed by atoms with E-state index in [1.165, 1.54) is 0 Å². The summed E-state index contributed by atoms with van der Waals surface area (Å²) < 4.78 is 279. The van der Waals surface area contributed by atoms with Crippen LogP contribution < -0.4 is 0 Å². The minimum atomic E-state index is -7.71. The third kappa shape index (κ3) is 5.04. The van der Waals surface area contributed by atoms with E-state index < -0.39 is 94.6 Å². The van der Waals surface area contributed by atoms with Gasteiger partial charge in [-0.15, -0.1) is 0 Å². The summed E-state index contributed by atoms with van der Waals surface area (Å²) in [5.74, 6) is -45.2. The molecule has 1 aromatic carbocycles. The maximum Gasteiger partial charge on any atom is 0.460 e. The molecular formula is C17H6F21O. The number of benzene rings is 1. The summed E-state index contributed by atoms with van der Waals surface area (Å²) >= 11 is 0. The first-order valence-electron chi connectivity index (χ1n) is 8.98. The molecule has 1 nitrogen and oxygen atoms in total. The number of alkyl halides is 21. The Hall–Kier alpha value is -2.29. The predicted octanol–water partition coefficient (Wildman–Crippen LogP) is 9.05. The van der Waals surface area contributed by atoms with Gasteiger partial charge in [0, 0.05) is 22.3 Å². The predicted molar refractivity (Wildman–Crippen MR) is 80.2 cm³/mol. The fourth-order valence-electron chi connectivity index (χ4n) is 2.85. The molecule has 1 unspecified atom stereocenters. The van der Waals surface area contributed by atoms with Crippen LogP contribution in [-0.4, -0.2) is 36.3 Å². The van der Waals surface area contributed by atoms with Crippen LogP contribution in [0.15, 0.2) is 12.1 Å². The van der Waals surface area contributed by atoms with Gasteiger partial charge in [0.1, 0.15) is 6.10 Å². The zero-order chi connectivity index (χ0) is 31.8. The molecule has 1 radical (unpaired) electrons. The molecule has 0 fully saturated rings. The van der Waals surface area contributed by atoms with Crippen molar-refractivity contribution >= 4 is 0 Å². The second-order valence-corrected chi connectivity index (χ2v) is 7.57. The van der Waals surface area contributed by atoms with Crippen LogP contribution in [0, 0.1) is 0 Å². The molecule has 0 heterocycles. The minimum absolute atomic E-state index is 0.367. The Kier molecular flexibility index (Phi) is 8.12. The number of halogens is 21. The average Bonchev–Trinajstić information content (AvgIpc) is 2.69. The van der Waals surface area contributed by atoms with Crippen LogP contribution in [0.2, 0.25) is 0 Å². The van der Waals surface area contributed by atoms with Crippen LogP contribution in [0.25, 0.3) is 0 Å². The van der Waals surface area contributed by atoms with Crippen LogP contribution in [0.3, 0.4) is 0 Å². The molecule has 0 saturated heterocycles. The van der Waals surface area contributed by atoms with E-state index in [-0.39, 0.29) is 6.92 Å². The largest absolute Gasteiger partial charge is 0.460 e. The highest BCUT2D eigenvalue weighted by Crippen LogP contribution is 2.60. The summed E-state index contributed by atoms with van der Waals surface area (Å²) in [7, 11) is 0. The lowest BCUT2D eigenvalue weighted by molar-refractivity contribution is -0.363.